The van der Waals surface area contributed by atoms with Gasteiger partial charge in [0.25, 0.3) is 5.91 Å². The molecule has 0 heterocycles. The van der Waals surface area contributed by atoms with Crippen LogP contribution in [0.4, 0.5) is 11.4 Å². The summed E-state index contributed by atoms with van der Waals surface area (Å²) in [6.45, 7) is 5.33. The van der Waals surface area contributed by atoms with Crippen molar-refractivity contribution in [1.29, 1.82) is 0 Å². The summed E-state index contributed by atoms with van der Waals surface area (Å²) < 4.78 is 0.898. The number of amides is 2. The number of halogens is 1. The number of anilines is 2. The van der Waals surface area contributed by atoms with Crippen LogP contribution in [-0.2, 0) is 4.79 Å². The smallest absolute Gasteiger partial charge is 0.253 e. The molecule has 2 rings (SSSR count). The fraction of sp³-hybridized carbons (Fsp3) is 0.263. The second kappa shape index (κ2) is 9.22. The lowest BCUT2D eigenvalue weighted by Gasteiger charge is -2.19. The molecule has 0 unspecified atom stereocenters. The molecule has 0 fully saturated rings. The Morgan fingerprint density at radius 3 is 2.44 bits per heavy atom. The van der Waals surface area contributed by atoms with E-state index in [1.54, 1.807) is 29.2 Å². The van der Waals surface area contributed by atoms with E-state index in [1.807, 2.05) is 38.1 Å². The van der Waals surface area contributed by atoms with Gasteiger partial charge in [-0.3, -0.25) is 9.59 Å². The minimum Gasteiger partial charge on any atom is -0.375 e. The maximum atomic E-state index is 12.4. The highest BCUT2D eigenvalue weighted by atomic mass is 79.9. The number of carbonyl (C=O) groups is 2. The Labute approximate surface area is 156 Å². The van der Waals surface area contributed by atoms with Gasteiger partial charge in [-0.1, -0.05) is 18.2 Å². The molecule has 2 aromatic carbocycles. The topological polar surface area (TPSA) is 61.4 Å². The van der Waals surface area contributed by atoms with Gasteiger partial charge >= 0.3 is 0 Å². The highest BCUT2D eigenvalue weighted by Gasteiger charge is 2.13. The van der Waals surface area contributed by atoms with Crippen LogP contribution in [0.2, 0.25) is 0 Å². The van der Waals surface area contributed by atoms with Crippen molar-refractivity contribution >= 4 is 39.1 Å². The summed E-state index contributed by atoms with van der Waals surface area (Å²) in [5.41, 5.74) is 2.03. The maximum Gasteiger partial charge on any atom is 0.253 e. The molecule has 0 bridgehead atoms. The summed E-state index contributed by atoms with van der Waals surface area (Å²) in [6, 6.07) is 14.6. The third-order valence-corrected chi connectivity index (χ3v) is 4.45. The fourth-order valence-electron chi connectivity index (χ4n) is 2.41. The first-order valence-corrected chi connectivity index (χ1v) is 9.02. The van der Waals surface area contributed by atoms with Crippen LogP contribution in [-0.4, -0.2) is 36.3 Å². The number of para-hydroxylation sites is 1. The van der Waals surface area contributed by atoms with Crippen molar-refractivity contribution in [2.75, 3.05) is 30.3 Å². The highest BCUT2D eigenvalue weighted by molar-refractivity contribution is 9.10. The second-order valence-corrected chi connectivity index (χ2v) is 6.29. The molecule has 0 spiro atoms. The maximum absolute atomic E-state index is 12.4. The Kier molecular flexibility index (Phi) is 7.01. The van der Waals surface area contributed by atoms with E-state index in [-0.39, 0.29) is 18.4 Å². The van der Waals surface area contributed by atoms with Gasteiger partial charge in [-0.15, -0.1) is 0 Å². The number of hydrogen-bond donors (Lipinski definition) is 2. The highest BCUT2D eigenvalue weighted by Crippen LogP contribution is 2.21. The van der Waals surface area contributed by atoms with Crippen LogP contribution in [0.1, 0.15) is 24.2 Å². The zero-order valence-corrected chi connectivity index (χ0v) is 16.0. The van der Waals surface area contributed by atoms with Crippen LogP contribution in [0.25, 0.3) is 0 Å². The van der Waals surface area contributed by atoms with Gasteiger partial charge in [-0.05, 0) is 60.1 Å². The van der Waals surface area contributed by atoms with Gasteiger partial charge in [-0.25, -0.2) is 0 Å². The number of nitrogens with one attached hydrogen (secondary N) is 2. The molecule has 2 amide bonds. The van der Waals surface area contributed by atoms with Gasteiger partial charge in [-0.2, -0.15) is 0 Å². The fourth-order valence-corrected chi connectivity index (χ4v) is 2.83. The first kappa shape index (κ1) is 19.0. The summed E-state index contributed by atoms with van der Waals surface area (Å²) in [4.78, 5) is 26.3. The molecule has 0 aromatic heterocycles. The van der Waals surface area contributed by atoms with Gasteiger partial charge in [0.2, 0.25) is 5.91 Å². The molecule has 0 radical (unpaired) electrons. The van der Waals surface area contributed by atoms with Crippen LogP contribution in [0.3, 0.4) is 0 Å². The van der Waals surface area contributed by atoms with Gasteiger partial charge in [0.15, 0.2) is 0 Å². The molecule has 0 aliphatic carbocycles. The largest absolute Gasteiger partial charge is 0.375 e. The predicted molar refractivity (Wildman–Crippen MR) is 105 cm³/mol. The Morgan fingerprint density at radius 1 is 1.04 bits per heavy atom. The SMILES string of the molecule is CCN(CC)C(=O)c1cccc(NC(=O)CNc2ccccc2Br)c1. The molecular formula is C19H22BrN3O2. The molecular weight excluding hydrogens is 382 g/mol. The Balaban J connectivity index is 1.98. The van der Waals surface area contributed by atoms with E-state index in [9.17, 15) is 9.59 Å². The molecule has 0 aliphatic rings. The molecule has 132 valence electrons. The zero-order chi connectivity index (χ0) is 18.2. The van der Waals surface area contributed by atoms with E-state index in [0.29, 0.717) is 24.3 Å². The van der Waals surface area contributed by atoms with Crippen molar-refractivity contribution in [3.05, 3.63) is 58.6 Å². The van der Waals surface area contributed by atoms with Crippen molar-refractivity contribution < 1.29 is 9.59 Å². The Bertz CT molecular complexity index is 745. The third kappa shape index (κ3) is 5.32. The summed E-state index contributed by atoms with van der Waals surface area (Å²) in [6.07, 6.45) is 0. The Morgan fingerprint density at radius 2 is 1.76 bits per heavy atom. The Hall–Kier alpha value is -2.34. The van der Waals surface area contributed by atoms with E-state index >= 15 is 0 Å². The molecule has 0 saturated carbocycles. The second-order valence-electron chi connectivity index (χ2n) is 5.44. The van der Waals surface area contributed by atoms with Gasteiger partial charge in [0.05, 0.1) is 6.54 Å². The van der Waals surface area contributed by atoms with Crippen molar-refractivity contribution in [3.8, 4) is 0 Å². The average Bonchev–Trinajstić information content (AvgIpc) is 2.62. The number of nitrogens with zero attached hydrogens (tertiary/aromatic N) is 1. The first-order chi connectivity index (χ1) is 12.0. The van der Waals surface area contributed by atoms with Gasteiger partial charge in [0, 0.05) is 34.5 Å². The molecule has 6 heteroatoms. The molecule has 5 nitrogen and oxygen atoms in total. The quantitative estimate of drug-likeness (QED) is 0.734. The van der Waals surface area contributed by atoms with Gasteiger partial charge in [0.1, 0.15) is 0 Å². The minimum atomic E-state index is -0.178. The van der Waals surface area contributed by atoms with Crippen molar-refractivity contribution in [2.24, 2.45) is 0 Å². The normalized spacial score (nSPS) is 10.2. The first-order valence-electron chi connectivity index (χ1n) is 8.22. The van der Waals surface area contributed by atoms with Crippen molar-refractivity contribution in [2.45, 2.75) is 13.8 Å². The van der Waals surface area contributed by atoms with Crippen molar-refractivity contribution in [1.82, 2.24) is 4.90 Å². The molecule has 2 N–H and O–H groups in total. The lowest BCUT2D eigenvalue weighted by molar-refractivity contribution is -0.114. The predicted octanol–water partition coefficient (Wildman–Crippen LogP) is 3.98. The van der Waals surface area contributed by atoms with Crippen LogP contribution in [0.15, 0.2) is 53.0 Å². The molecule has 0 saturated heterocycles. The van der Waals surface area contributed by atoms with Crippen LogP contribution in [0, 0.1) is 0 Å². The monoisotopic (exact) mass is 403 g/mol. The number of carbonyl (C=O) groups excluding carboxylic acids is 2. The zero-order valence-electron chi connectivity index (χ0n) is 14.4. The number of benzene rings is 2. The molecule has 0 aliphatic heterocycles. The van der Waals surface area contributed by atoms with Crippen molar-refractivity contribution in [3.63, 3.8) is 0 Å². The summed E-state index contributed by atoms with van der Waals surface area (Å²) in [7, 11) is 0. The molecule has 2 aromatic rings. The number of hydrogen-bond acceptors (Lipinski definition) is 3. The van der Waals surface area contributed by atoms with E-state index < -0.39 is 0 Å². The lowest BCUT2D eigenvalue weighted by atomic mass is 10.1. The van der Waals surface area contributed by atoms with Crippen LogP contribution in [0.5, 0.6) is 0 Å². The van der Waals surface area contributed by atoms with Gasteiger partial charge < -0.3 is 15.5 Å². The lowest BCUT2D eigenvalue weighted by Crippen LogP contribution is -2.30. The minimum absolute atomic E-state index is 0.0348. The average molecular weight is 404 g/mol. The summed E-state index contributed by atoms with van der Waals surface area (Å²) >= 11 is 3.43. The summed E-state index contributed by atoms with van der Waals surface area (Å²) in [5.74, 6) is -0.212. The summed E-state index contributed by atoms with van der Waals surface area (Å²) in [5, 5.41) is 5.89. The van der Waals surface area contributed by atoms with Crippen LogP contribution < -0.4 is 10.6 Å². The molecule has 0 atom stereocenters. The number of rotatable bonds is 7. The van der Waals surface area contributed by atoms with E-state index in [4.69, 9.17) is 0 Å². The third-order valence-electron chi connectivity index (χ3n) is 3.76. The molecule has 25 heavy (non-hydrogen) atoms. The van der Waals surface area contributed by atoms with Crippen LogP contribution >= 0.6 is 15.9 Å². The standard InChI is InChI=1S/C19H22BrN3O2/c1-3-23(4-2)19(25)14-8-7-9-15(12-14)22-18(24)13-21-17-11-6-5-10-16(17)20/h5-12,21H,3-4,13H2,1-2H3,(H,22,24). The van der Waals surface area contributed by atoms with E-state index in [2.05, 4.69) is 26.6 Å². The van der Waals surface area contributed by atoms with E-state index in [1.165, 1.54) is 0 Å². The van der Waals surface area contributed by atoms with E-state index in [0.717, 1.165) is 10.2 Å².